The predicted octanol–water partition coefficient (Wildman–Crippen LogP) is 3.40. The fourth-order valence-electron chi connectivity index (χ4n) is 1.48. The van der Waals surface area contributed by atoms with E-state index in [9.17, 15) is 5.26 Å². The molecule has 0 saturated carbocycles. The highest BCUT2D eigenvalue weighted by Crippen LogP contribution is 2.24. The van der Waals surface area contributed by atoms with Crippen LogP contribution in [0, 0.1) is 25.2 Å². The minimum Gasteiger partial charge on any atom is -0.363 e. The fourth-order valence-corrected chi connectivity index (χ4v) is 2.92. The highest BCUT2D eigenvalue weighted by atomic mass is 79.9. The lowest BCUT2D eigenvalue weighted by molar-refractivity contribution is 0.943. The van der Waals surface area contributed by atoms with E-state index in [1.54, 1.807) is 11.3 Å². The molecule has 0 radical (unpaired) electrons. The summed E-state index contributed by atoms with van der Waals surface area (Å²) < 4.78 is 1.07. The first-order chi connectivity index (χ1) is 8.63. The summed E-state index contributed by atoms with van der Waals surface area (Å²) in [6.07, 6.45) is 0. The Kier molecular flexibility index (Phi) is 3.94. The van der Waals surface area contributed by atoms with Gasteiger partial charge in [0, 0.05) is 9.35 Å². The summed E-state index contributed by atoms with van der Waals surface area (Å²) in [5.74, 6) is 0.543. The molecule has 0 fully saturated rings. The Labute approximate surface area is 118 Å². The number of nitrogens with zero attached hydrogens (tertiary/aromatic N) is 3. The minimum atomic E-state index is 0.543. The van der Waals surface area contributed by atoms with Gasteiger partial charge in [-0.3, -0.25) is 0 Å². The van der Waals surface area contributed by atoms with Crippen molar-refractivity contribution in [2.24, 2.45) is 0 Å². The molecule has 2 rings (SSSR count). The quantitative estimate of drug-likeness (QED) is 0.940. The Morgan fingerprint density at radius 3 is 2.83 bits per heavy atom. The minimum absolute atomic E-state index is 0.543. The molecule has 1 N–H and O–H groups in total. The van der Waals surface area contributed by atoms with E-state index in [1.807, 2.05) is 25.3 Å². The lowest BCUT2D eigenvalue weighted by atomic mass is 10.1. The number of aromatic nitrogens is 2. The average molecular weight is 323 g/mol. The number of nitriles is 1. The van der Waals surface area contributed by atoms with Crippen molar-refractivity contribution < 1.29 is 0 Å². The second kappa shape index (κ2) is 5.46. The molecule has 2 heterocycles. The standard InChI is InChI=1S/C12H11BrN4S/c1-7-8(2)16-17-12(9(7)5-14)15-6-11-10(13)3-4-18-11/h3-4H,6H2,1-2H3,(H,15,17). The van der Waals surface area contributed by atoms with E-state index >= 15 is 0 Å². The summed E-state index contributed by atoms with van der Waals surface area (Å²) in [5, 5.41) is 22.4. The summed E-state index contributed by atoms with van der Waals surface area (Å²) >= 11 is 5.12. The second-order valence-electron chi connectivity index (χ2n) is 3.79. The third-order valence-electron chi connectivity index (χ3n) is 2.67. The molecular weight excluding hydrogens is 312 g/mol. The lowest BCUT2D eigenvalue weighted by Gasteiger charge is -2.08. The Hall–Kier alpha value is -1.45. The summed E-state index contributed by atoms with van der Waals surface area (Å²) in [6, 6.07) is 4.18. The van der Waals surface area contributed by atoms with Crippen LogP contribution in [0.5, 0.6) is 0 Å². The van der Waals surface area contributed by atoms with Gasteiger partial charge in [-0.15, -0.1) is 16.4 Å². The van der Waals surface area contributed by atoms with Crippen LogP contribution >= 0.6 is 27.3 Å². The van der Waals surface area contributed by atoms with Gasteiger partial charge in [-0.2, -0.15) is 10.4 Å². The van der Waals surface area contributed by atoms with E-state index in [1.165, 1.54) is 4.88 Å². The van der Waals surface area contributed by atoms with E-state index in [0.29, 0.717) is 17.9 Å². The van der Waals surface area contributed by atoms with Gasteiger partial charge in [0.1, 0.15) is 11.6 Å². The zero-order valence-corrected chi connectivity index (χ0v) is 12.4. The van der Waals surface area contributed by atoms with Gasteiger partial charge in [-0.25, -0.2) is 0 Å². The monoisotopic (exact) mass is 322 g/mol. The van der Waals surface area contributed by atoms with Crippen LogP contribution in [0.2, 0.25) is 0 Å². The summed E-state index contributed by atoms with van der Waals surface area (Å²) in [4.78, 5) is 1.17. The van der Waals surface area contributed by atoms with Crippen molar-refractivity contribution in [3.8, 4) is 6.07 Å². The molecule has 0 aliphatic carbocycles. The van der Waals surface area contributed by atoms with Gasteiger partial charge >= 0.3 is 0 Å². The summed E-state index contributed by atoms with van der Waals surface area (Å²) in [5.41, 5.74) is 2.23. The van der Waals surface area contributed by atoms with Crippen molar-refractivity contribution in [3.63, 3.8) is 0 Å². The van der Waals surface area contributed by atoms with E-state index in [2.05, 4.69) is 37.5 Å². The van der Waals surface area contributed by atoms with Crippen LogP contribution in [-0.2, 0) is 6.54 Å². The molecule has 2 aromatic heterocycles. The van der Waals surface area contributed by atoms with Crippen LogP contribution in [-0.4, -0.2) is 10.2 Å². The largest absolute Gasteiger partial charge is 0.363 e. The predicted molar refractivity (Wildman–Crippen MR) is 75.6 cm³/mol. The van der Waals surface area contributed by atoms with Gasteiger partial charge < -0.3 is 5.32 Å². The van der Waals surface area contributed by atoms with Gasteiger partial charge in [0.15, 0.2) is 5.82 Å². The molecule has 4 nitrogen and oxygen atoms in total. The van der Waals surface area contributed by atoms with Gasteiger partial charge in [0.2, 0.25) is 0 Å². The molecule has 92 valence electrons. The van der Waals surface area contributed by atoms with E-state index in [4.69, 9.17) is 0 Å². The van der Waals surface area contributed by atoms with Crippen molar-refractivity contribution >= 4 is 33.1 Å². The highest BCUT2D eigenvalue weighted by Gasteiger charge is 2.11. The molecular formula is C12H11BrN4S. The molecule has 0 atom stereocenters. The normalized spacial score (nSPS) is 10.1. The highest BCUT2D eigenvalue weighted by molar-refractivity contribution is 9.10. The Bertz CT molecular complexity index is 615. The van der Waals surface area contributed by atoms with E-state index in [-0.39, 0.29) is 0 Å². The topological polar surface area (TPSA) is 61.6 Å². The first-order valence-electron chi connectivity index (χ1n) is 5.33. The van der Waals surface area contributed by atoms with E-state index < -0.39 is 0 Å². The van der Waals surface area contributed by atoms with Crippen LogP contribution in [0.25, 0.3) is 0 Å². The number of thiophene rings is 1. The van der Waals surface area contributed by atoms with Crippen molar-refractivity contribution in [3.05, 3.63) is 37.6 Å². The molecule has 0 amide bonds. The average Bonchev–Trinajstić information content (AvgIpc) is 2.76. The zero-order chi connectivity index (χ0) is 13.1. The molecule has 0 unspecified atom stereocenters. The molecule has 0 saturated heterocycles. The van der Waals surface area contributed by atoms with Gasteiger partial charge in [0.05, 0.1) is 12.2 Å². The molecule has 6 heteroatoms. The Morgan fingerprint density at radius 1 is 1.44 bits per heavy atom. The first-order valence-corrected chi connectivity index (χ1v) is 7.00. The number of hydrogen-bond acceptors (Lipinski definition) is 5. The molecule has 0 aliphatic rings. The molecule has 0 aliphatic heterocycles. The van der Waals surface area contributed by atoms with Crippen molar-refractivity contribution in [2.45, 2.75) is 20.4 Å². The number of hydrogen-bond donors (Lipinski definition) is 1. The molecule has 0 aromatic carbocycles. The lowest BCUT2D eigenvalue weighted by Crippen LogP contribution is -2.07. The van der Waals surface area contributed by atoms with Gasteiger partial charge in [0.25, 0.3) is 0 Å². The second-order valence-corrected chi connectivity index (χ2v) is 5.65. The van der Waals surface area contributed by atoms with Crippen LogP contribution in [0.1, 0.15) is 21.7 Å². The summed E-state index contributed by atoms with van der Waals surface area (Å²) in [7, 11) is 0. The number of anilines is 1. The smallest absolute Gasteiger partial charge is 0.167 e. The maximum Gasteiger partial charge on any atom is 0.167 e. The molecule has 18 heavy (non-hydrogen) atoms. The number of nitrogens with one attached hydrogen (secondary N) is 1. The number of aryl methyl sites for hydroxylation is 1. The third-order valence-corrected chi connectivity index (χ3v) is 4.60. The fraction of sp³-hybridized carbons (Fsp3) is 0.250. The van der Waals surface area contributed by atoms with E-state index in [0.717, 1.165) is 15.7 Å². The third kappa shape index (κ3) is 2.52. The van der Waals surface area contributed by atoms with Crippen molar-refractivity contribution in [1.82, 2.24) is 10.2 Å². The maximum atomic E-state index is 9.17. The maximum absolute atomic E-state index is 9.17. The Balaban J connectivity index is 2.23. The summed E-state index contributed by atoms with van der Waals surface area (Å²) in [6.45, 7) is 4.36. The van der Waals surface area contributed by atoms with Crippen molar-refractivity contribution in [2.75, 3.05) is 5.32 Å². The number of halogens is 1. The first kappa shape index (κ1) is 13.0. The number of rotatable bonds is 3. The Morgan fingerprint density at radius 2 is 2.22 bits per heavy atom. The molecule has 2 aromatic rings. The van der Waals surface area contributed by atoms with Gasteiger partial charge in [-0.1, -0.05) is 0 Å². The van der Waals surface area contributed by atoms with Crippen molar-refractivity contribution in [1.29, 1.82) is 5.26 Å². The van der Waals surface area contributed by atoms with Crippen LogP contribution in [0.4, 0.5) is 5.82 Å². The SMILES string of the molecule is Cc1nnc(NCc2sccc2Br)c(C#N)c1C. The van der Waals surface area contributed by atoms with Gasteiger partial charge in [-0.05, 0) is 46.8 Å². The van der Waals surface area contributed by atoms with Crippen LogP contribution in [0.15, 0.2) is 15.9 Å². The van der Waals surface area contributed by atoms with Crippen LogP contribution < -0.4 is 5.32 Å². The zero-order valence-electron chi connectivity index (χ0n) is 9.99. The molecule has 0 spiro atoms. The van der Waals surface area contributed by atoms with Crippen LogP contribution in [0.3, 0.4) is 0 Å². The molecule has 0 bridgehead atoms.